The Balaban J connectivity index is 1.65. The zero-order valence-corrected chi connectivity index (χ0v) is 17.7. The number of nitrogens with zero attached hydrogens (tertiary/aromatic N) is 3. The number of anilines is 1. The van der Waals surface area contributed by atoms with Crippen LogP contribution in [0.5, 0.6) is 0 Å². The van der Waals surface area contributed by atoms with Crippen molar-refractivity contribution in [3.05, 3.63) is 48.3 Å². The summed E-state index contributed by atoms with van der Waals surface area (Å²) in [6, 6.07) is 8.30. The van der Waals surface area contributed by atoms with Crippen LogP contribution < -0.4 is 5.32 Å². The fourth-order valence-corrected chi connectivity index (χ4v) is 3.34. The first-order valence-electron chi connectivity index (χ1n) is 9.87. The third-order valence-corrected chi connectivity index (χ3v) is 4.99. The SMILES string of the molecule is COC(=O)CC(CC(=O)OC)n1cc(NC(=O)CN2C(=O)OCC2c2ccccc2)cn1. The summed E-state index contributed by atoms with van der Waals surface area (Å²) in [5.74, 6) is -1.47. The van der Waals surface area contributed by atoms with Crippen LogP contribution in [0.1, 0.15) is 30.5 Å². The lowest BCUT2D eigenvalue weighted by Gasteiger charge is -2.21. The number of methoxy groups -OCH3 is 2. The monoisotopic (exact) mass is 444 g/mol. The molecule has 32 heavy (non-hydrogen) atoms. The third kappa shape index (κ3) is 5.62. The lowest BCUT2D eigenvalue weighted by atomic mass is 10.1. The summed E-state index contributed by atoms with van der Waals surface area (Å²) in [6.07, 6.45) is 2.11. The highest BCUT2D eigenvalue weighted by Crippen LogP contribution is 2.27. The van der Waals surface area contributed by atoms with Crippen molar-refractivity contribution < 1.29 is 33.4 Å². The first-order valence-corrected chi connectivity index (χ1v) is 9.87. The van der Waals surface area contributed by atoms with Crippen LogP contribution in [0.4, 0.5) is 10.5 Å². The highest BCUT2D eigenvalue weighted by atomic mass is 16.6. The molecule has 2 amide bonds. The van der Waals surface area contributed by atoms with Gasteiger partial charge in [-0.15, -0.1) is 0 Å². The second-order valence-corrected chi connectivity index (χ2v) is 7.10. The molecule has 1 saturated heterocycles. The van der Waals surface area contributed by atoms with E-state index < -0.39 is 30.0 Å². The molecule has 1 unspecified atom stereocenters. The van der Waals surface area contributed by atoms with Gasteiger partial charge in [0.1, 0.15) is 13.2 Å². The zero-order valence-electron chi connectivity index (χ0n) is 17.7. The van der Waals surface area contributed by atoms with Crippen LogP contribution in [-0.2, 0) is 28.6 Å². The molecule has 1 aromatic heterocycles. The number of amides is 2. The molecule has 0 saturated carbocycles. The van der Waals surface area contributed by atoms with Gasteiger partial charge >= 0.3 is 18.0 Å². The number of rotatable bonds is 9. The Morgan fingerprint density at radius 3 is 2.44 bits per heavy atom. The lowest BCUT2D eigenvalue weighted by Crippen LogP contribution is -2.35. The van der Waals surface area contributed by atoms with Gasteiger partial charge in [0.05, 0.1) is 51.0 Å². The number of nitrogens with one attached hydrogen (secondary N) is 1. The molecular weight excluding hydrogens is 420 g/mol. The molecule has 1 aliphatic heterocycles. The van der Waals surface area contributed by atoms with Gasteiger partial charge in [0.2, 0.25) is 5.91 Å². The summed E-state index contributed by atoms with van der Waals surface area (Å²) in [5, 5.41) is 6.80. The Bertz CT molecular complexity index is 958. The maximum absolute atomic E-state index is 12.6. The van der Waals surface area contributed by atoms with Crippen molar-refractivity contribution in [2.45, 2.75) is 24.9 Å². The highest BCUT2D eigenvalue weighted by Gasteiger charge is 2.35. The minimum atomic E-state index is -0.642. The number of hydrogen-bond donors (Lipinski definition) is 1. The number of esters is 2. The summed E-state index contributed by atoms with van der Waals surface area (Å²) < 4.78 is 15.8. The van der Waals surface area contributed by atoms with Gasteiger partial charge in [0, 0.05) is 6.20 Å². The fourth-order valence-electron chi connectivity index (χ4n) is 3.34. The second-order valence-electron chi connectivity index (χ2n) is 7.10. The summed E-state index contributed by atoms with van der Waals surface area (Å²) in [4.78, 5) is 49.4. The third-order valence-electron chi connectivity index (χ3n) is 4.99. The van der Waals surface area contributed by atoms with Crippen LogP contribution >= 0.6 is 0 Å². The van der Waals surface area contributed by atoms with E-state index in [4.69, 9.17) is 4.74 Å². The van der Waals surface area contributed by atoms with E-state index in [2.05, 4.69) is 19.9 Å². The van der Waals surface area contributed by atoms with Gasteiger partial charge in [-0.05, 0) is 5.56 Å². The fraction of sp³-hybridized carbons (Fsp3) is 0.381. The van der Waals surface area contributed by atoms with Gasteiger partial charge in [0.15, 0.2) is 0 Å². The van der Waals surface area contributed by atoms with Gasteiger partial charge in [-0.2, -0.15) is 5.10 Å². The minimum absolute atomic E-state index is 0.0982. The largest absolute Gasteiger partial charge is 0.469 e. The minimum Gasteiger partial charge on any atom is -0.469 e. The van der Waals surface area contributed by atoms with Crippen molar-refractivity contribution in [3.8, 4) is 0 Å². The Morgan fingerprint density at radius 2 is 1.81 bits per heavy atom. The molecule has 2 heterocycles. The molecule has 0 spiro atoms. The summed E-state index contributed by atoms with van der Waals surface area (Å²) in [5.41, 5.74) is 1.21. The Kier molecular flexibility index (Phi) is 7.42. The summed E-state index contributed by atoms with van der Waals surface area (Å²) in [6.45, 7) is -0.0475. The van der Waals surface area contributed by atoms with Gasteiger partial charge in [-0.25, -0.2) is 4.79 Å². The molecule has 3 rings (SSSR count). The zero-order chi connectivity index (χ0) is 23.1. The molecule has 0 radical (unpaired) electrons. The van der Waals surface area contributed by atoms with Gasteiger partial charge in [-0.1, -0.05) is 30.3 Å². The molecule has 170 valence electrons. The molecule has 1 aromatic carbocycles. The topological polar surface area (TPSA) is 129 Å². The van der Waals surface area contributed by atoms with Crippen LogP contribution in [0.2, 0.25) is 0 Å². The smallest absolute Gasteiger partial charge is 0.410 e. The van der Waals surface area contributed by atoms with Crippen molar-refractivity contribution in [2.75, 3.05) is 32.7 Å². The molecule has 11 nitrogen and oxygen atoms in total. The average Bonchev–Trinajstić information content (AvgIpc) is 3.40. The molecule has 1 atom stereocenters. The van der Waals surface area contributed by atoms with Crippen molar-refractivity contribution in [1.29, 1.82) is 0 Å². The molecule has 2 aromatic rings. The number of carbonyl (C=O) groups excluding carboxylic acids is 4. The molecule has 0 aliphatic carbocycles. The van der Waals surface area contributed by atoms with Crippen LogP contribution in [0.25, 0.3) is 0 Å². The van der Waals surface area contributed by atoms with E-state index >= 15 is 0 Å². The summed E-state index contributed by atoms with van der Waals surface area (Å²) >= 11 is 0. The number of aromatic nitrogens is 2. The quantitative estimate of drug-likeness (QED) is 0.457. The van der Waals surface area contributed by atoms with Crippen molar-refractivity contribution in [3.63, 3.8) is 0 Å². The number of hydrogen-bond acceptors (Lipinski definition) is 8. The Hall–Kier alpha value is -3.89. The first-order chi connectivity index (χ1) is 15.4. The summed E-state index contributed by atoms with van der Waals surface area (Å²) in [7, 11) is 2.50. The average molecular weight is 444 g/mol. The second kappa shape index (κ2) is 10.4. The van der Waals surface area contributed by atoms with Crippen LogP contribution in [0, 0.1) is 0 Å². The molecule has 0 bridgehead atoms. The normalized spacial score (nSPS) is 15.4. The number of cyclic esters (lactones) is 1. The van der Waals surface area contributed by atoms with Crippen LogP contribution in [0.3, 0.4) is 0 Å². The van der Waals surface area contributed by atoms with Gasteiger partial charge in [-0.3, -0.25) is 24.0 Å². The van der Waals surface area contributed by atoms with Crippen molar-refractivity contribution in [2.24, 2.45) is 0 Å². The lowest BCUT2D eigenvalue weighted by molar-refractivity contribution is -0.144. The Labute approximate surface area is 184 Å². The van der Waals surface area contributed by atoms with E-state index in [1.165, 1.54) is 36.2 Å². The first kappa shape index (κ1) is 22.8. The maximum Gasteiger partial charge on any atom is 0.410 e. The standard InChI is InChI=1S/C21H24N4O7/c1-30-19(27)8-16(9-20(28)31-2)25-11-15(10-22-25)23-18(26)12-24-17(13-32-21(24)29)14-6-4-3-5-7-14/h3-7,10-11,16-17H,8-9,12-13H2,1-2H3,(H,23,26). The molecular formula is C21H24N4O7. The molecule has 1 fully saturated rings. The van der Waals surface area contributed by atoms with Gasteiger partial charge in [0.25, 0.3) is 0 Å². The van der Waals surface area contributed by atoms with Crippen molar-refractivity contribution in [1.82, 2.24) is 14.7 Å². The van der Waals surface area contributed by atoms with E-state index in [-0.39, 0.29) is 32.0 Å². The van der Waals surface area contributed by atoms with Crippen molar-refractivity contribution >= 4 is 29.6 Å². The predicted octanol–water partition coefficient (Wildman–Crippen LogP) is 1.68. The van der Waals surface area contributed by atoms with Gasteiger partial charge < -0.3 is 19.5 Å². The van der Waals surface area contributed by atoms with Crippen LogP contribution in [-0.4, -0.2) is 66.0 Å². The molecule has 1 aliphatic rings. The van der Waals surface area contributed by atoms with E-state index in [9.17, 15) is 19.2 Å². The maximum atomic E-state index is 12.6. The Morgan fingerprint density at radius 1 is 1.16 bits per heavy atom. The molecule has 1 N–H and O–H groups in total. The van der Waals surface area contributed by atoms with Crippen LogP contribution in [0.15, 0.2) is 42.7 Å². The van der Waals surface area contributed by atoms with E-state index in [0.29, 0.717) is 5.69 Å². The number of carbonyl (C=O) groups is 4. The van der Waals surface area contributed by atoms with E-state index in [0.717, 1.165) is 5.56 Å². The number of benzene rings is 1. The highest BCUT2D eigenvalue weighted by molar-refractivity contribution is 5.94. The van der Waals surface area contributed by atoms with E-state index in [1.807, 2.05) is 30.3 Å². The predicted molar refractivity (Wildman–Crippen MR) is 110 cm³/mol. The van der Waals surface area contributed by atoms with E-state index in [1.54, 1.807) is 0 Å². The number of ether oxygens (including phenoxy) is 3. The molecule has 11 heteroatoms.